The molecule has 174 valence electrons. The number of halogens is 1. The van der Waals surface area contributed by atoms with Crippen LogP contribution in [-0.2, 0) is 4.74 Å². The highest BCUT2D eigenvalue weighted by Crippen LogP contribution is 2.42. The summed E-state index contributed by atoms with van der Waals surface area (Å²) in [5.74, 6) is 0.686. The average Bonchev–Trinajstić information content (AvgIpc) is 3.21. The number of H-pyrrole nitrogens is 1. The third kappa shape index (κ3) is 4.65. The lowest BCUT2D eigenvalue weighted by Crippen LogP contribution is -2.39. The summed E-state index contributed by atoms with van der Waals surface area (Å²) in [7, 11) is 3.11. The molecule has 0 spiro atoms. The lowest BCUT2D eigenvalue weighted by molar-refractivity contribution is 0.0270. The molecule has 1 N–H and O–H groups in total. The number of nitrogens with one attached hydrogen (secondary N) is 1. The van der Waals surface area contributed by atoms with Crippen molar-refractivity contribution in [2.24, 2.45) is 0 Å². The summed E-state index contributed by atoms with van der Waals surface area (Å²) in [6, 6.07) is 6.37. The van der Waals surface area contributed by atoms with E-state index < -0.39 is 5.60 Å². The largest absolute Gasteiger partial charge is 0.496 e. The van der Waals surface area contributed by atoms with Crippen molar-refractivity contribution < 1.29 is 23.4 Å². The van der Waals surface area contributed by atoms with Crippen molar-refractivity contribution in [1.82, 2.24) is 14.9 Å². The van der Waals surface area contributed by atoms with Crippen LogP contribution in [0.4, 0.5) is 9.18 Å². The lowest BCUT2D eigenvalue weighted by Gasteiger charge is -2.29. The van der Waals surface area contributed by atoms with Gasteiger partial charge in [-0.3, -0.25) is 0 Å². The van der Waals surface area contributed by atoms with Crippen molar-refractivity contribution in [3.63, 3.8) is 0 Å². The third-order valence-corrected chi connectivity index (χ3v) is 5.48. The average molecular weight is 454 g/mol. The zero-order chi connectivity index (χ0) is 23.8. The Bertz CT molecular complexity index is 1230. The van der Waals surface area contributed by atoms with E-state index in [1.807, 2.05) is 32.9 Å². The molecule has 1 aromatic carbocycles. The molecule has 0 saturated carbocycles. The number of carbonyl (C=O) groups excluding carboxylic acids is 1. The van der Waals surface area contributed by atoms with Crippen LogP contribution in [0.3, 0.4) is 0 Å². The van der Waals surface area contributed by atoms with Crippen LogP contribution in [0, 0.1) is 5.82 Å². The number of aromatic amines is 1. The molecule has 0 atom stereocenters. The number of amides is 1. The van der Waals surface area contributed by atoms with Gasteiger partial charge in [-0.1, -0.05) is 6.08 Å². The molecule has 3 heterocycles. The minimum absolute atomic E-state index is 0.318. The molecule has 0 fully saturated rings. The molecule has 1 aliphatic rings. The molecule has 0 radical (unpaired) electrons. The number of nitrogens with zero attached hydrogens (tertiary/aromatic N) is 2. The molecule has 1 amide bonds. The summed E-state index contributed by atoms with van der Waals surface area (Å²) >= 11 is 0. The quantitative estimate of drug-likeness (QED) is 0.572. The van der Waals surface area contributed by atoms with Gasteiger partial charge in [-0.2, -0.15) is 0 Å². The minimum Gasteiger partial charge on any atom is -0.496 e. The van der Waals surface area contributed by atoms with Gasteiger partial charge in [-0.15, -0.1) is 0 Å². The standard InChI is InChI=1S/C25H28FN3O4/c1-25(2,3)33-24(30)29-10-8-15(9-11-29)19-13-18-22(21(32-5)14-27-23(18)28-19)17-12-16(26)6-7-20(17)31-4/h6-8,12-14H,9-11H2,1-5H3,(H,27,28). The molecule has 8 heteroatoms. The number of carbonyl (C=O) groups is 1. The zero-order valence-electron chi connectivity index (χ0n) is 19.5. The van der Waals surface area contributed by atoms with E-state index >= 15 is 0 Å². The topological polar surface area (TPSA) is 76.7 Å². The van der Waals surface area contributed by atoms with Crippen molar-refractivity contribution in [3.05, 3.63) is 48.0 Å². The fraction of sp³-hybridized carbons (Fsp3) is 0.360. The van der Waals surface area contributed by atoms with Gasteiger partial charge in [0.25, 0.3) is 0 Å². The number of ether oxygens (including phenoxy) is 3. The van der Waals surface area contributed by atoms with Gasteiger partial charge in [-0.05, 0) is 57.0 Å². The first-order valence-corrected chi connectivity index (χ1v) is 10.8. The Balaban J connectivity index is 1.71. The molecule has 33 heavy (non-hydrogen) atoms. The number of hydrogen-bond acceptors (Lipinski definition) is 5. The second-order valence-electron chi connectivity index (χ2n) is 8.90. The number of hydrogen-bond donors (Lipinski definition) is 1. The molecule has 0 aliphatic carbocycles. The fourth-order valence-corrected chi connectivity index (χ4v) is 3.94. The normalized spacial score (nSPS) is 14.2. The first-order chi connectivity index (χ1) is 15.7. The van der Waals surface area contributed by atoms with Crippen LogP contribution in [-0.4, -0.2) is 53.9 Å². The minimum atomic E-state index is -0.530. The van der Waals surface area contributed by atoms with E-state index in [0.717, 1.165) is 16.7 Å². The van der Waals surface area contributed by atoms with Crippen LogP contribution in [0.25, 0.3) is 27.7 Å². The number of pyridine rings is 1. The molecule has 0 saturated heterocycles. The van der Waals surface area contributed by atoms with Crippen molar-refractivity contribution in [2.45, 2.75) is 32.8 Å². The third-order valence-electron chi connectivity index (χ3n) is 5.48. The maximum atomic E-state index is 14.1. The summed E-state index contributed by atoms with van der Waals surface area (Å²) < 4.78 is 30.6. The highest BCUT2D eigenvalue weighted by molar-refractivity contribution is 5.99. The van der Waals surface area contributed by atoms with E-state index in [9.17, 15) is 9.18 Å². The van der Waals surface area contributed by atoms with Gasteiger partial charge in [0.2, 0.25) is 0 Å². The predicted octanol–water partition coefficient (Wildman–Crippen LogP) is 5.41. The maximum absolute atomic E-state index is 14.1. The molecule has 3 aromatic rings. The van der Waals surface area contributed by atoms with E-state index in [-0.39, 0.29) is 11.9 Å². The number of methoxy groups -OCH3 is 2. The van der Waals surface area contributed by atoms with Gasteiger partial charge < -0.3 is 24.1 Å². The Morgan fingerprint density at radius 2 is 1.91 bits per heavy atom. The number of benzene rings is 1. The van der Waals surface area contributed by atoms with Crippen molar-refractivity contribution >= 4 is 22.7 Å². The van der Waals surface area contributed by atoms with Crippen LogP contribution in [0.2, 0.25) is 0 Å². The molecule has 1 aliphatic heterocycles. The Hall–Kier alpha value is -3.55. The first kappa shape index (κ1) is 22.6. The second kappa shape index (κ2) is 8.77. The second-order valence-corrected chi connectivity index (χ2v) is 8.90. The number of fused-ring (bicyclic) bond motifs is 1. The van der Waals surface area contributed by atoms with Crippen molar-refractivity contribution in [1.29, 1.82) is 0 Å². The number of rotatable bonds is 4. The monoisotopic (exact) mass is 453 g/mol. The molecule has 4 rings (SSSR count). The van der Waals surface area contributed by atoms with E-state index in [0.29, 0.717) is 47.8 Å². The maximum Gasteiger partial charge on any atom is 0.410 e. The van der Waals surface area contributed by atoms with Crippen molar-refractivity contribution in [2.75, 3.05) is 27.3 Å². The zero-order valence-corrected chi connectivity index (χ0v) is 19.5. The van der Waals surface area contributed by atoms with Gasteiger partial charge in [0.05, 0.1) is 20.4 Å². The van der Waals surface area contributed by atoms with Crippen LogP contribution in [0.15, 0.2) is 36.5 Å². The van der Waals surface area contributed by atoms with Crippen LogP contribution in [0.1, 0.15) is 32.9 Å². The Morgan fingerprint density at radius 3 is 2.55 bits per heavy atom. The Morgan fingerprint density at radius 1 is 1.15 bits per heavy atom. The summed E-state index contributed by atoms with van der Waals surface area (Å²) in [5.41, 5.74) is 3.38. The van der Waals surface area contributed by atoms with Gasteiger partial charge in [0.1, 0.15) is 28.6 Å². The van der Waals surface area contributed by atoms with Gasteiger partial charge in [0, 0.05) is 35.3 Å². The first-order valence-electron chi connectivity index (χ1n) is 10.8. The molecule has 7 nitrogen and oxygen atoms in total. The van der Waals surface area contributed by atoms with Gasteiger partial charge >= 0.3 is 6.09 Å². The molecular formula is C25H28FN3O4. The van der Waals surface area contributed by atoms with E-state index in [1.165, 1.54) is 12.1 Å². The summed E-state index contributed by atoms with van der Waals surface area (Å²) in [4.78, 5) is 21.9. The van der Waals surface area contributed by atoms with Crippen LogP contribution in [0.5, 0.6) is 11.5 Å². The lowest BCUT2D eigenvalue weighted by atomic mass is 10.00. The SMILES string of the molecule is COc1ccc(F)cc1-c1c(OC)cnc2[nH]c(C3=CCN(C(=O)OC(C)(C)C)CC3)cc12. The summed E-state index contributed by atoms with van der Waals surface area (Å²) in [6.07, 6.45) is 3.97. The van der Waals surface area contributed by atoms with E-state index in [2.05, 4.69) is 9.97 Å². The highest BCUT2D eigenvalue weighted by atomic mass is 19.1. The smallest absolute Gasteiger partial charge is 0.410 e. The van der Waals surface area contributed by atoms with Crippen LogP contribution >= 0.6 is 0 Å². The molecule has 2 aromatic heterocycles. The Labute approximate surface area is 192 Å². The van der Waals surface area contributed by atoms with E-state index in [4.69, 9.17) is 14.2 Å². The summed E-state index contributed by atoms with van der Waals surface area (Å²) in [6.45, 7) is 6.57. The summed E-state index contributed by atoms with van der Waals surface area (Å²) in [5, 5.41) is 0.795. The van der Waals surface area contributed by atoms with Gasteiger partial charge in [-0.25, -0.2) is 14.2 Å². The van der Waals surface area contributed by atoms with Gasteiger partial charge in [0.15, 0.2) is 0 Å². The van der Waals surface area contributed by atoms with Crippen LogP contribution < -0.4 is 9.47 Å². The highest BCUT2D eigenvalue weighted by Gasteiger charge is 2.25. The molecule has 0 bridgehead atoms. The molecule has 0 unspecified atom stereocenters. The van der Waals surface area contributed by atoms with Crippen molar-refractivity contribution in [3.8, 4) is 22.6 Å². The number of aromatic nitrogens is 2. The molecular weight excluding hydrogens is 425 g/mol. The Kier molecular flexibility index (Phi) is 6.01. The predicted molar refractivity (Wildman–Crippen MR) is 125 cm³/mol. The van der Waals surface area contributed by atoms with E-state index in [1.54, 1.807) is 31.4 Å². The fourth-order valence-electron chi connectivity index (χ4n) is 3.94.